The van der Waals surface area contributed by atoms with E-state index in [0.29, 0.717) is 0 Å². The van der Waals surface area contributed by atoms with Crippen molar-refractivity contribution >= 4 is 37.0 Å². The van der Waals surface area contributed by atoms with E-state index in [2.05, 4.69) is 4.74 Å². The fraction of sp³-hybridized carbons (Fsp3) is 0.286. The average molecular weight is 255 g/mol. The number of halogens is 1. The van der Waals surface area contributed by atoms with E-state index >= 15 is 0 Å². The standard InChI is InChI=1S/C7H7ClO4S2/c1-2-12-7(9)5-3-6(13-4-5)14(8,10)11/h3-4H,2H2,1H3. The summed E-state index contributed by atoms with van der Waals surface area (Å²) >= 11 is 0.890. The summed E-state index contributed by atoms with van der Waals surface area (Å²) in [6.45, 7) is 1.92. The molecule has 1 heterocycles. The van der Waals surface area contributed by atoms with Gasteiger partial charge in [-0.15, -0.1) is 11.3 Å². The zero-order valence-electron chi connectivity index (χ0n) is 7.19. The van der Waals surface area contributed by atoms with Crippen LogP contribution in [0.2, 0.25) is 0 Å². The van der Waals surface area contributed by atoms with Gasteiger partial charge in [0.2, 0.25) is 0 Å². The fourth-order valence-corrected chi connectivity index (χ4v) is 2.70. The molecular formula is C7H7ClO4S2. The Bertz CT molecular complexity index is 434. The van der Waals surface area contributed by atoms with Gasteiger partial charge in [-0.25, -0.2) is 13.2 Å². The van der Waals surface area contributed by atoms with Crippen LogP contribution in [-0.4, -0.2) is 21.0 Å². The molecule has 14 heavy (non-hydrogen) atoms. The van der Waals surface area contributed by atoms with Gasteiger partial charge in [0, 0.05) is 16.1 Å². The smallest absolute Gasteiger partial charge is 0.339 e. The highest BCUT2D eigenvalue weighted by molar-refractivity contribution is 8.15. The summed E-state index contributed by atoms with van der Waals surface area (Å²) < 4.78 is 26.3. The highest BCUT2D eigenvalue weighted by Crippen LogP contribution is 2.23. The Morgan fingerprint density at radius 1 is 1.64 bits per heavy atom. The van der Waals surface area contributed by atoms with Gasteiger partial charge in [0.05, 0.1) is 12.2 Å². The second kappa shape index (κ2) is 4.29. The Hall–Kier alpha value is -0.590. The molecule has 0 aromatic carbocycles. The Morgan fingerprint density at radius 3 is 2.71 bits per heavy atom. The van der Waals surface area contributed by atoms with Gasteiger partial charge >= 0.3 is 5.97 Å². The summed E-state index contributed by atoms with van der Waals surface area (Å²) in [5.41, 5.74) is 0.205. The van der Waals surface area contributed by atoms with Crippen LogP contribution in [0.3, 0.4) is 0 Å². The first-order valence-electron chi connectivity index (χ1n) is 3.65. The van der Waals surface area contributed by atoms with E-state index in [1.54, 1.807) is 6.92 Å². The summed E-state index contributed by atoms with van der Waals surface area (Å²) in [5, 5.41) is 1.40. The lowest BCUT2D eigenvalue weighted by Crippen LogP contribution is -2.02. The summed E-state index contributed by atoms with van der Waals surface area (Å²) in [7, 11) is 1.34. The lowest BCUT2D eigenvalue weighted by molar-refractivity contribution is 0.0527. The van der Waals surface area contributed by atoms with Crippen LogP contribution >= 0.6 is 22.0 Å². The van der Waals surface area contributed by atoms with E-state index in [0.717, 1.165) is 11.3 Å². The summed E-state index contributed by atoms with van der Waals surface area (Å²) in [4.78, 5) is 11.1. The molecular weight excluding hydrogens is 248 g/mol. The van der Waals surface area contributed by atoms with Crippen LogP contribution in [0.15, 0.2) is 15.7 Å². The van der Waals surface area contributed by atoms with Crippen molar-refractivity contribution in [1.29, 1.82) is 0 Å². The SMILES string of the molecule is CCOC(=O)c1csc(S(=O)(=O)Cl)c1. The number of rotatable bonds is 3. The molecule has 7 heteroatoms. The molecule has 0 aliphatic carbocycles. The van der Waals surface area contributed by atoms with Crippen LogP contribution in [0.1, 0.15) is 17.3 Å². The number of hydrogen-bond donors (Lipinski definition) is 0. The molecule has 0 fully saturated rings. The first-order chi connectivity index (χ1) is 6.45. The van der Waals surface area contributed by atoms with E-state index < -0.39 is 15.0 Å². The maximum Gasteiger partial charge on any atom is 0.339 e. The van der Waals surface area contributed by atoms with Crippen molar-refractivity contribution in [1.82, 2.24) is 0 Å². The van der Waals surface area contributed by atoms with Gasteiger partial charge in [0.15, 0.2) is 0 Å². The quantitative estimate of drug-likeness (QED) is 0.610. The first kappa shape index (κ1) is 11.5. The first-order valence-corrected chi connectivity index (χ1v) is 6.84. The van der Waals surface area contributed by atoms with Gasteiger partial charge in [-0.3, -0.25) is 0 Å². The third-order valence-electron chi connectivity index (χ3n) is 1.33. The number of esters is 1. The molecule has 1 aromatic rings. The summed E-state index contributed by atoms with van der Waals surface area (Å²) in [6, 6.07) is 1.20. The number of carbonyl (C=O) groups excluding carboxylic acids is 1. The van der Waals surface area contributed by atoms with Gasteiger partial charge in [-0.2, -0.15) is 0 Å². The molecule has 0 saturated heterocycles. The predicted molar refractivity (Wildman–Crippen MR) is 53.3 cm³/mol. The Labute approximate surface area is 89.9 Å². The monoisotopic (exact) mass is 254 g/mol. The van der Waals surface area contributed by atoms with Crippen molar-refractivity contribution in [3.8, 4) is 0 Å². The number of ether oxygens (including phenoxy) is 1. The summed E-state index contributed by atoms with van der Waals surface area (Å²) in [6.07, 6.45) is 0. The molecule has 0 spiro atoms. The third kappa shape index (κ3) is 2.70. The largest absolute Gasteiger partial charge is 0.462 e. The van der Waals surface area contributed by atoms with Crippen LogP contribution in [0.25, 0.3) is 0 Å². The van der Waals surface area contributed by atoms with Gasteiger partial charge in [0.25, 0.3) is 9.05 Å². The van der Waals surface area contributed by atoms with Crippen LogP contribution in [0, 0.1) is 0 Å². The zero-order valence-corrected chi connectivity index (χ0v) is 9.58. The second-order valence-corrected chi connectivity index (χ2v) is 6.02. The minimum atomic E-state index is -3.75. The molecule has 0 amide bonds. The summed E-state index contributed by atoms with van der Waals surface area (Å²) in [5.74, 6) is -0.546. The van der Waals surface area contributed by atoms with Crippen LogP contribution in [0.5, 0.6) is 0 Å². The van der Waals surface area contributed by atoms with Crippen molar-refractivity contribution < 1.29 is 17.9 Å². The van der Waals surface area contributed by atoms with Crippen LogP contribution < -0.4 is 0 Å². The van der Waals surface area contributed by atoms with Crippen molar-refractivity contribution in [2.24, 2.45) is 0 Å². The molecule has 1 rings (SSSR count). The molecule has 0 radical (unpaired) electrons. The molecule has 0 bridgehead atoms. The number of carbonyl (C=O) groups is 1. The fourth-order valence-electron chi connectivity index (χ4n) is 0.766. The Kier molecular flexibility index (Phi) is 3.52. The van der Waals surface area contributed by atoms with E-state index in [9.17, 15) is 13.2 Å². The van der Waals surface area contributed by atoms with Crippen molar-refractivity contribution in [3.05, 3.63) is 17.0 Å². The second-order valence-electron chi connectivity index (χ2n) is 2.31. The zero-order chi connectivity index (χ0) is 10.8. The molecule has 0 saturated carbocycles. The Balaban J connectivity index is 2.94. The van der Waals surface area contributed by atoms with Gasteiger partial charge in [0.1, 0.15) is 4.21 Å². The van der Waals surface area contributed by atoms with Crippen molar-refractivity contribution in [2.75, 3.05) is 6.61 Å². The van der Waals surface area contributed by atoms with E-state index in [1.807, 2.05) is 0 Å². The minimum Gasteiger partial charge on any atom is -0.462 e. The van der Waals surface area contributed by atoms with Gasteiger partial charge < -0.3 is 4.74 Å². The third-order valence-corrected chi connectivity index (χ3v) is 4.37. The molecule has 0 unspecified atom stereocenters. The normalized spacial score (nSPS) is 11.3. The van der Waals surface area contributed by atoms with E-state index in [-0.39, 0.29) is 16.4 Å². The van der Waals surface area contributed by atoms with Gasteiger partial charge in [-0.1, -0.05) is 0 Å². The number of hydrogen-bond acceptors (Lipinski definition) is 5. The lowest BCUT2D eigenvalue weighted by atomic mass is 10.3. The van der Waals surface area contributed by atoms with E-state index in [4.69, 9.17) is 10.7 Å². The minimum absolute atomic E-state index is 0.0535. The molecule has 0 atom stereocenters. The molecule has 0 aliphatic rings. The molecule has 4 nitrogen and oxygen atoms in total. The van der Waals surface area contributed by atoms with Crippen molar-refractivity contribution in [3.63, 3.8) is 0 Å². The highest BCUT2D eigenvalue weighted by Gasteiger charge is 2.16. The van der Waals surface area contributed by atoms with Crippen LogP contribution in [-0.2, 0) is 13.8 Å². The lowest BCUT2D eigenvalue weighted by Gasteiger charge is -1.96. The highest BCUT2D eigenvalue weighted by atomic mass is 35.7. The molecule has 0 N–H and O–H groups in total. The maximum atomic E-state index is 11.1. The molecule has 78 valence electrons. The predicted octanol–water partition coefficient (Wildman–Crippen LogP) is 1.85. The maximum absolute atomic E-state index is 11.1. The number of thiophene rings is 1. The molecule has 1 aromatic heterocycles. The van der Waals surface area contributed by atoms with Crippen molar-refractivity contribution in [2.45, 2.75) is 11.1 Å². The topological polar surface area (TPSA) is 60.4 Å². The van der Waals surface area contributed by atoms with E-state index in [1.165, 1.54) is 11.4 Å². The molecule has 0 aliphatic heterocycles. The Morgan fingerprint density at radius 2 is 2.29 bits per heavy atom. The van der Waals surface area contributed by atoms with Crippen LogP contribution in [0.4, 0.5) is 0 Å². The van der Waals surface area contributed by atoms with Gasteiger partial charge in [-0.05, 0) is 13.0 Å². The average Bonchev–Trinajstić information content (AvgIpc) is 2.51.